The van der Waals surface area contributed by atoms with Crippen LogP contribution in [0, 0.1) is 10.1 Å². The van der Waals surface area contributed by atoms with Gasteiger partial charge in [-0.15, -0.1) is 0 Å². The van der Waals surface area contributed by atoms with E-state index in [-0.39, 0.29) is 17.1 Å². The minimum Gasteiger partial charge on any atom is -0.307 e. The van der Waals surface area contributed by atoms with Gasteiger partial charge in [0.1, 0.15) is 11.3 Å². The zero-order valence-corrected chi connectivity index (χ0v) is 17.5. The predicted octanol–water partition coefficient (Wildman–Crippen LogP) is 3.52. The average Bonchev–Trinajstić information content (AvgIpc) is 3.11. The van der Waals surface area contributed by atoms with E-state index in [0.717, 1.165) is 17.7 Å². The van der Waals surface area contributed by atoms with E-state index in [1.54, 1.807) is 30.5 Å². The van der Waals surface area contributed by atoms with E-state index in [1.807, 2.05) is 16.7 Å². The molecule has 0 saturated carbocycles. The molecule has 4 aromatic rings. The third-order valence-corrected chi connectivity index (χ3v) is 6.28. The molecule has 0 amide bonds. The fourth-order valence-corrected chi connectivity index (χ4v) is 4.17. The Labute approximate surface area is 182 Å². The lowest BCUT2D eigenvalue weighted by Gasteiger charge is -2.10. The molecule has 2 aromatic carbocycles. The van der Waals surface area contributed by atoms with Gasteiger partial charge in [-0.25, -0.2) is 23.1 Å². The zero-order chi connectivity index (χ0) is 22.0. The van der Waals surface area contributed by atoms with Gasteiger partial charge in [-0.3, -0.25) is 10.1 Å². The maximum Gasteiger partial charge on any atom is 0.269 e. The van der Waals surface area contributed by atoms with Crippen molar-refractivity contribution in [1.82, 2.24) is 19.3 Å². The van der Waals surface area contributed by atoms with Crippen molar-refractivity contribution in [2.24, 2.45) is 0 Å². The molecule has 0 unspecified atom stereocenters. The Morgan fingerprint density at radius 3 is 2.45 bits per heavy atom. The SMILES string of the molecule is O=[N+]([O-])c1ccc(S(=O)(=O)NCc2nc3cccnc3n2Cc2ccc(Cl)cc2)cc1. The minimum atomic E-state index is -3.90. The van der Waals surface area contributed by atoms with Gasteiger partial charge < -0.3 is 4.57 Å². The zero-order valence-electron chi connectivity index (χ0n) is 16.0. The summed E-state index contributed by atoms with van der Waals surface area (Å²) in [6.07, 6.45) is 1.65. The van der Waals surface area contributed by atoms with E-state index < -0.39 is 14.9 Å². The van der Waals surface area contributed by atoms with E-state index in [0.29, 0.717) is 28.6 Å². The quantitative estimate of drug-likeness (QED) is 0.335. The Bertz CT molecular complexity index is 1350. The van der Waals surface area contributed by atoms with Crippen LogP contribution in [0.3, 0.4) is 0 Å². The highest BCUT2D eigenvalue weighted by atomic mass is 35.5. The lowest BCUT2D eigenvalue weighted by atomic mass is 10.2. The van der Waals surface area contributed by atoms with Gasteiger partial charge in [0.15, 0.2) is 5.65 Å². The number of aromatic nitrogens is 3. The van der Waals surface area contributed by atoms with Crippen LogP contribution in [0.25, 0.3) is 11.2 Å². The number of rotatable bonds is 7. The van der Waals surface area contributed by atoms with Crippen molar-refractivity contribution >= 4 is 38.5 Å². The molecule has 0 aliphatic heterocycles. The molecule has 0 aliphatic carbocycles. The standard InChI is InChI=1S/C20H16ClN5O4S/c21-15-5-3-14(4-6-15)13-25-19(24-18-2-1-11-22-20(18)25)12-23-31(29,30)17-9-7-16(8-10-17)26(27)28/h1-11,23H,12-13H2. The molecule has 2 heterocycles. The van der Waals surface area contributed by atoms with Crippen molar-refractivity contribution in [3.05, 3.63) is 93.4 Å². The number of nitrogens with one attached hydrogen (secondary N) is 1. The number of imidazole rings is 1. The van der Waals surface area contributed by atoms with Crippen molar-refractivity contribution < 1.29 is 13.3 Å². The summed E-state index contributed by atoms with van der Waals surface area (Å²) in [6, 6.07) is 15.5. The van der Waals surface area contributed by atoms with Crippen LogP contribution in [0.15, 0.2) is 71.8 Å². The lowest BCUT2D eigenvalue weighted by Crippen LogP contribution is -2.25. The molecule has 0 aliphatic rings. The summed E-state index contributed by atoms with van der Waals surface area (Å²) in [7, 11) is -3.90. The van der Waals surface area contributed by atoms with E-state index in [2.05, 4.69) is 14.7 Å². The first-order valence-corrected chi connectivity index (χ1v) is 11.0. The van der Waals surface area contributed by atoms with Gasteiger partial charge in [0, 0.05) is 23.4 Å². The molecule has 0 spiro atoms. The molecular formula is C20H16ClN5O4S. The largest absolute Gasteiger partial charge is 0.307 e. The van der Waals surface area contributed by atoms with Crippen LogP contribution in [0.2, 0.25) is 5.02 Å². The fourth-order valence-electron chi connectivity index (χ4n) is 3.07. The minimum absolute atomic E-state index is 0.0726. The van der Waals surface area contributed by atoms with Crippen molar-refractivity contribution in [3.63, 3.8) is 0 Å². The maximum atomic E-state index is 12.7. The molecule has 11 heteroatoms. The number of pyridine rings is 1. The number of hydrogen-bond donors (Lipinski definition) is 1. The van der Waals surface area contributed by atoms with Crippen molar-refractivity contribution in [2.45, 2.75) is 18.0 Å². The number of nitrogens with zero attached hydrogens (tertiary/aromatic N) is 4. The van der Waals surface area contributed by atoms with Crippen LogP contribution < -0.4 is 4.72 Å². The third kappa shape index (κ3) is 4.55. The molecule has 0 saturated heterocycles. The van der Waals surface area contributed by atoms with Crippen LogP contribution in [0.4, 0.5) is 5.69 Å². The molecule has 1 N–H and O–H groups in total. The Kier molecular flexibility index (Phi) is 5.68. The fraction of sp³-hybridized carbons (Fsp3) is 0.100. The number of sulfonamides is 1. The van der Waals surface area contributed by atoms with Crippen molar-refractivity contribution in [2.75, 3.05) is 0 Å². The van der Waals surface area contributed by atoms with Crippen LogP contribution in [-0.2, 0) is 23.1 Å². The number of non-ortho nitro benzene ring substituents is 1. The number of hydrogen-bond acceptors (Lipinski definition) is 6. The molecule has 31 heavy (non-hydrogen) atoms. The molecule has 0 atom stereocenters. The molecule has 0 fully saturated rings. The summed E-state index contributed by atoms with van der Waals surface area (Å²) in [5, 5.41) is 11.4. The molecule has 9 nitrogen and oxygen atoms in total. The molecule has 0 bridgehead atoms. The van der Waals surface area contributed by atoms with Gasteiger partial charge >= 0.3 is 0 Å². The van der Waals surface area contributed by atoms with Gasteiger partial charge in [0.2, 0.25) is 10.0 Å². The van der Waals surface area contributed by atoms with E-state index in [1.165, 1.54) is 12.1 Å². The number of halogens is 1. The number of fused-ring (bicyclic) bond motifs is 1. The Morgan fingerprint density at radius 1 is 1.06 bits per heavy atom. The maximum absolute atomic E-state index is 12.7. The van der Waals surface area contributed by atoms with Crippen LogP contribution >= 0.6 is 11.6 Å². The average molecular weight is 458 g/mol. The summed E-state index contributed by atoms with van der Waals surface area (Å²) in [5.74, 6) is 0.481. The van der Waals surface area contributed by atoms with Crippen LogP contribution in [0.5, 0.6) is 0 Å². The monoisotopic (exact) mass is 457 g/mol. The Morgan fingerprint density at radius 2 is 1.77 bits per heavy atom. The first-order valence-electron chi connectivity index (χ1n) is 9.12. The van der Waals surface area contributed by atoms with Gasteiger partial charge in [0.25, 0.3) is 5.69 Å². The second-order valence-corrected chi connectivity index (χ2v) is 8.87. The Balaban J connectivity index is 1.61. The topological polar surface area (TPSA) is 120 Å². The van der Waals surface area contributed by atoms with Crippen molar-refractivity contribution in [3.8, 4) is 0 Å². The van der Waals surface area contributed by atoms with E-state index in [9.17, 15) is 18.5 Å². The summed E-state index contributed by atoms with van der Waals surface area (Å²) in [4.78, 5) is 19.0. The van der Waals surface area contributed by atoms with E-state index in [4.69, 9.17) is 11.6 Å². The normalized spacial score (nSPS) is 11.6. The second-order valence-electron chi connectivity index (χ2n) is 6.66. The number of nitro groups is 1. The second kappa shape index (κ2) is 8.42. The summed E-state index contributed by atoms with van der Waals surface area (Å²) in [6.45, 7) is 0.350. The van der Waals surface area contributed by atoms with Gasteiger partial charge in [0.05, 0.1) is 22.9 Å². The highest BCUT2D eigenvalue weighted by Crippen LogP contribution is 2.19. The molecule has 2 aromatic heterocycles. The smallest absolute Gasteiger partial charge is 0.269 e. The summed E-state index contributed by atoms with van der Waals surface area (Å²) < 4.78 is 29.7. The molecule has 158 valence electrons. The Hall–Kier alpha value is -3.34. The van der Waals surface area contributed by atoms with E-state index >= 15 is 0 Å². The van der Waals surface area contributed by atoms with Gasteiger partial charge in [-0.05, 0) is 42.0 Å². The third-order valence-electron chi connectivity index (χ3n) is 4.61. The molecule has 0 radical (unpaired) electrons. The van der Waals surface area contributed by atoms with Gasteiger partial charge in [-0.2, -0.15) is 0 Å². The molecular weight excluding hydrogens is 442 g/mol. The highest BCUT2D eigenvalue weighted by Gasteiger charge is 2.19. The predicted molar refractivity (Wildman–Crippen MR) is 115 cm³/mol. The first kappa shape index (κ1) is 20.9. The van der Waals surface area contributed by atoms with Crippen LogP contribution in [0.1, 0.15) is 11.4 Å². The van der Waals surface area contributed by atoms with Gasteiger partial charge in [-0.1, -0.05) is 23.7 Å². The number of nitro benzene ring substituents is 1. The van der Waals surface area contributed by atoms with Crippen molar-refractivity contribution in [1.29, 1.82) is 0 Å². The summed E-state index contributed by atoms with van der Waals surface area (Å²) >= 11 is 5.96. The number of benzene rings is 2. The molecule has 4 rings (SSSR count). The first-order chi connectivity index (χ1) is 14.8. The lowest BCUT2D eigenvalue weighted by molar-refractivity contribution is -0.384. The summed E-state index contributed by atoms with van der Waals surface area (Å²) in [5.41, 5.74) is 2.03. The highest BCUT2D eigenvalue weighted by molar-refractivity contribution is 7.89. The van der Waals surface area contributed by atoms with Crippen LogP contribution in [-0.4, -0.2) is 27.9 Å².